The molecule has 0 fully saturated rings. The van der Waals surface area contributed by atoms with E-state index >= 15 is 0 Å². The molecule has 0 saturated carbocycles. The van der Waals surface area contributed by atoms with Gasteiger partial charge in [-0.2, -0.15) is 0 Å². The van der Waals surface area contributed by atoms with Gasteiger partial charge in [0.05, 0.1) is 12.1 Å². The van der Waals surface area contributed by atoms with Crippen molar-refractivity contribution < 1.29 is 19.0 Å². The molecule has 0 aliphatic rings. The minimum absolute atomic E-state index is 0.0398. The average molecular weight is 335 g/mol. The quantitative estimate of drug-likeness (QED) is 0.719. The van der Waals surface area contributed by atoms with Gasteiger partial charge in [-0.05, 0) is 23.8 Å². The number of nitrogens with zero attached hydrogens (tertiary/aromatic N) is 1. The van der Waals surface area contributed by atoms with Crippen molar-refractivity contribution in [1.82, 2.24) is 9.97 Å². The number of fused-ring (bicyclic) bond motifs is 1. The highest BCUT2D eigenvalue weighted by Gasteiger charge is 2.20. The summed E-state index contributed by atoms with van der Waals surface area (Å²) in [5, 5.41) is 10.4. The van der Waals surface area contributed by atoms with Gasteiger partial charge in [-0.3, -0.25) is 0 Å². The minimum atomic E-state index is -0.694. The predicted octanol–water partition coefficient (Wildman–Crippen LogP) is 3.44. The van der Waals surface area contributed by atoms with E-state index < -0.39 is 5.97 Å². The van der Waals surface area contributed by atoms with E-state index in [0.29, 0.717) is 17.8 Å². The van der Waals surface area contributed by atoms with Gasteiger partial charge in [-0.25, -0.2) is 14.2 Å². The Morgan fingerprint density at radius 1 is 1.39 bits per heavy atom. The molecule has 2 aromatic carbocycles. The number of hydrogen-bond donors (Lipinski definition) is 2. The van der Waals surface area contributed by atoms with E-state index in [4.69, 9.17) is 11.6 Å². The number of imidazole rings is 1. The van der Waals surface area contributed by atoms with E-state index in [9.17, 15) is 14.3 Å². The summed E-state index contributed by atoms with van der Waals surface area (Å²) in [5.74, 6) is -0.748. The van der Waals surface area contributed by atoms with Crippen LogP contribution in [0, 0.1) is 5.82 Å². The number of benzene rings is 2. The summed E-state index contributed by atoms with van der Waals surface area (Å²) in [6.45, 7) is 0. The average Bonchev–Trinajstić information content (AvgIpc) is 2.97. The standard InChI is InChI=1S/C16H12ClFN2O3/c1-23-16(22)10-7-11(17)13-14(15(10)21)20-12(19-13)6-8-2-4-9(18)5-3-8/h2-5,7,21H,6H2,1H3,(H,19,20). The SMILES string of the molecule is COC(=O)c1cc(Cl)c2nc(Cc3ccc(F)cc3)[nH]c2c1O. The number of aromatic hydroxyl groups is 1. The molecule has 3 rings (SSSR count). The van der Waals surface area contributed by atoms with Gasteiger partial charge in [0.1, 0.15) is 28.2 Å². The van der Waals surface area contributed by atoms with E-state index in [1.54, 1.807) is 12.1 Å². The fourth-order valence-corrected chi connectivity index (χ4v) is 2.56. The number of methoxy groups -OCH3 is 1. The third-order valence-electron chi connectivity index (χ3n) is 3.43. The van der Waals surface area contributed by atoms with Gasteiger partial charge in [-0.1, -0.05) is 23.7 Å². The smallest absolute Gasteiger partial charge is 0.341 e. The molecule has 23 heavy (non-hydrogen) atoms. The molecule has 0 saturated heterocycles. The fourth-order valence-electron chi connectivity index (χ4n) is 2.31. The fraction of sp³-hybridized carbons (Fsp3) is 0.125. The third kappa shape index (κ3) is 2.85. The van der Waals surface area contributed by atoms with E-state index in [1.165, 1.54) is 25.3 Å². The maximum atomic E-state index is 12.9. The lowest BCUT2D eigenvalue weighted by atomic mass is 10.1. The highest BCUT2D eigenvalue weighted by Crippen LogP contribution is 2.33. The maximum Gasteiger partial charge on any atom is 0.341 e. The molecule has 0 spiro atoms. The number of esters is 1. The number of hydrogen-bond acceptors (Lipinski definition) is 4. The number of phenols is 1. The van der Waals surface area contributed by atoms with Crippen LogP contribution in [0.5, 0.6) is 5.75 Å². The zero-order valence-corrected chi connectivity index (χ0v) is 12.8. The van der Waals surface area contributed by atoms with E-state index in [-0.39, 0.29) is 27.7 Å². The third-order valence-corrected chi connectivity index (χ3v) is 3.72. The van der Waals surface area contributed by atoms with Gasteiger partial charge in [0, 0.05) is 6.42 Å². The largest absolute Gasteiger partial charge is 0.505 e. The number of H-pyrrole nitrogens is 1. The molecule has 0 radical (unpaired) electrons. The number of aromatic nitrogens is 2. The minimum Gasteiger partial charge on any atom is -0.505 e. The molecule has 2 N–H and O–H groups in total. The highest BCUT2D eigenvalue weighted by atomic mass is 35.5. The normalized spacial score (nSPS) is 10.9. The molecule has 1 aromatic heterocycles. The first-order valence-corrected chi connectivity index (χ1v) is 7.10. The second-order valence-electron chi connectivity index (χ2n) is 4.96. The lowest BCUT2D eigenvalue weighted by Gasteiger charge is -2.04. The van der Waals surface area contributed by atoms with E-state index in [0.717, 1.165) is 5.56 Å². The molecule has 5 nitrogen and oxygen atoms in total. The van der Waals surface area contributed by atoms with Gasteiger partial charge in [0.2, 0.25) is 0 Å². The maximum absolute atomic E-state index is 12.9. The van der Waals surface area contributed by atoms with Crippen molar-refractivity contribution in [1.29, 1.82) is 0 Å². The number of rotatable bonds is 3. The number of nitrogens with one attached hydrogen (secondary N) is 1. The molecule has 7 heteroatoms. The molecule has 0 aliphatic heterocycles. The summed E-state index contributed by atoms with van der Waals surface area (Å²) >= 11 is 6.12. The Morgan fingerprint density at radius 2 is 2.09 bits per heavy atom. The highest BCUT2D eigenvalue weighted by molar-refractivity contribution is 6.35. The van der Waals surface area contributed by atoms with Gasteiger partial charge in [0.15, 0.2) is 5.75 Å². The van der Waals surface area contributed by atoms with Crippen molar-refractivity contribution in [2.45, 2.75) is 6.42 Å². The van der Waals surface area contributed by atoms with Crippen LogP contribution in [0.15, 0.2) is 30.3 Å². The lowest BCUT2D eigenvalue weighted by Crippen LogP contribution is -2.01. The van der Waals surface area contributed by atoms with Crippen LogP contribution in [0.2, 0.25) is 5.02 Å². The summed E-state index contributed by atoms with van der Waals surface area (Å²) in [6, 6.07) is 7.32. The van der Waals surface area contributed by atoms with Crippen molar-refractivity contribution >= 4 is 28.6 Å². The van der Waals surface area contributed by atoms with E-state index in [1.807, 2.05) is 0 Å². The number of carbonyl (C=O) groups excluding carboxylic acids is 1. The van der Waals surface area contributed by atoms with Crippen molar-refractivity contribution in [3.63, 3.8) is 0 Å². The zero-order valence-electron chi connectivity index (χ0n) is 12.1. The van der Waals surface area contributed by atoms with Gasteiger partial charge in [-0.15, -0.1) is 0 Å². The van der Waals surface area contributed by atoms with Gasteiger partial charge in [0.25, 0.3) is 0 Å². The lowest BCUT2D eigenvalue weighted by molar-refractivity contribution is 0.0597. The molecule has 0 unspecified atom stereocenters. The van der Waals surface area contributed by atoms with Gasteiger partial charge >= 0.3 is 5.97 Å². The number of phenolic OH excluding ortho intramolecular Hbond substituents is 1. The van der Waals surface area contributed by atoms with Crippen molar-refractivity contribution in [2.75, 3.05) is 7.11 Å². The van der Waals surface area contributed by atoms with Crippen LogP contribution >= 0.6 is 11.6 Å². The van der Waals surface area contributed by atoms with E-state index in [2.05, 4.69) is 14.7 Å². The second kappa shape index (κ2) is 5.89. The van der Waals surface area contributed by atoms with Crippen molar-refractivity contribution in [3.8, 4) is 5.75 Å². The molecule has 0 atom stereocenters. The topological polar surface area (TPSA) is 75.2 Å². The zero-order chi connectivity index (χ0) is 16.6. The summed E-state index contributed by atoms with van der Waals surface area (Å²) in [6.07, 6.45) is 0.401. The molecule has 0 aliphatic carbocycles. The van der Waals surface area contributed by atoms with Crippen LogP contribution < -0.4 is 0 Å². The van der Waals surface area contributed by atoms with Crippen LogP contribution in [-0.2, 0) is 11.2 Å². The molecule has 1 heterocycles. The Morgan fingerprint density at radius 3 is 2.74 bits per heavy atom. The molecule has 0 bridgehead atoms. The monoisotopic (exact) mass is 334 g/mol. The molecule has 3 aromatic rings. The Bertz CT molecular complexity index is 890. The van der Waals surface area contributed by atoms with Crippen LogP contribution in [0.4, 0.5) is 4.39 Å². The number of ether oxygens (including phenoxy) is 1. The first-order valence-electron chi connectivity index (χ1n) is 6.72. The van der Waals surface area contributed by atoms with Crippen LogP contribution in [0.25, 0.3) is 11.0 Å². The van der Waals surface area contributed by atoms with Gasteiger partial charge < -0.3 is 14.8 Å². The number of aromatic amines is 1. The van der Waals surface area contributed by atoms with Crippen molar-refractivity contribution in [2.24, 2.45) is 0 Å². The Balaban J connectivity index is 2.04. The summed E-state index contributed by atoms with van der Waals surface area (Å²) in [4.78, 5) is 18.9. The van der Waals surface area contributed by atoms with Crippen molar-refractivity contribution in [3.05, 3.63) is 58.1 Å². The molecule has 0 amide bonds. The summed E-state index contributed by atoms with van der Waals surface area (Å²) in [7, 11) is 1.22. The second-order valence-corrected chi connectivity index (χ2v) is 5.36. The van der Waals surface area contributed by atoms with Crippen LogP contribution in [0.1, 0.15) is 21.7 Å². The molecular formula is C16H12ClFN2O3. The molecule has 118 valence electrons. The van der Waals surface area contributed by atoms with Crippen LogP contribution in [-0.4, -0.2) is 28.2 Å². The summed E-state index contributed by atoms with van der Waals surface area (Å²) < 4.78 is 17.5. The summed E-state index contributed by atoms with van der Waals surface area (Å²) in [5.41, 5.74) is 1.42. The Kier molecular flexibility index (Phi) is 3.92. The Labute approximate surface area is 135 Å². The Hall–Kier alpha value is -2.60. The molecular weight excluding hydrogens is 323 g/mol. The number of carbonyl (C=O) groups is 1. The van der Waals surface area contributed by atoms with Crippen LogP contribution in [0.3, 0.4) is 0 Å². The first kappa shape index (κ1) is 15.3. The number of halogens is 2. The predicted molar refractivity (Wildman–Crippen MR) is 83.3 cm³/mol. The first-order chi connectivity index (χ1) is 11.0.